The van der Waals surface area contributed by atoms with Crippen LogP contribution in [0.2, 0.25) is 0 Å². The maximum absolute atomic E-state index is 12.5. The topological polar surface area (TPSA) is 66.5 Å². The molecule has 2 rings (SSSR count). The fourth-order valence-corrected chi connectivity index (χ4v) is 2.48. The van der Waals surface area contributed by atoms with Crippen LogP contribution in [-0.2, 0) is 9.59 Å². The quantitative estimate of drug-likeness (QED) is 0.657. The zero-order chi connectivity index (χ0) is 14.7. The molecule has 0 bridgehead atoms. The average molecular weight is 274 g/mol. The predicted molar refractivity (Wildman–Crippen MR) is 74.2 cm³/mol. The number of carbonyl (C=O) groups excluding carboxylic acids is 3. The molecule has 1 N–H and O–H groups in total. The lowest BCUT2D eigenvalue weighted by Gasteiger charge is -2.36. The van der Waals surface area contributed by atoms with Gasteiger partial charge in [0, 0.05) is 5.56 Å². The molecule has 1 aromatic carbocycles. The maximum Gasteiger partial charge on any atom is 0.243 e. The number of nitrogens with zero attached hydrogens (tertiary/aromatic N) is 1. The highest BCUT2D eigenvalue weighted by atomic mass is 16.2. The summed E-state index contributed by atoms with van der Waals surface area (Å²) in [6.45, 7) is 3.67. The van der Waals surface area contributed by atoms with Crippen molar-refractivity contribution in [3.8, 4) is 0 Å². The monoisotopic (exact) mass is 274 g/mol. The summed E-state index contributed by atoms with van der Waals surface area (Å²) in [4.78, 5) is 37.5. The minimum absolute atomic E-state index is 0.0533. The number of benzene rings is 1. The molecule has 2 amide bonds. The van der Waals surface area contributed by atoms with Crippen molar-refractivity contribution in [2.45, 2.75) is 32.4 Å². The third kappa shape index (κ3) is 2.77. The summed E-state index contributed by atoms with van der Waals surface area (Å²) in [7, 11) is 0. The second-order valence-corrected chi connectivity index (χ2v) is 4.92. The van der Waals surface area contributed by atoms with Crippen LogP contribution in [0.5, 0.6) is 0 Å². The van der Waals surface area contributed by atoms with Gasteiger partial charge in [0.2, 0.25) is 11.8 Å². The lowest BCUT2D eigenvalue weighted by atomic mass is 9.98. The van der Waals surface area contributed by atoms with Gasteiger partial charge in [0.15, 0.2) is 5.78 Å². The van der Waals surface area contributed by atoms with Gasteiger partial charge in [0.1, 0.15) is 0 Å². The normalized spacial score (nSPS) is 21.4. The molecule has 0 spiro atoms. The van der Waals surface area contributed by atoms with Crippen LogP contribution in [0.15, 0.2) is 30.3 Å². The van der Waals surface area contributed by atoms with Gasteiger partial charge in [0.25, 0.3) is 0 Å². The minimum atomic E-state index is -0.481. The van der Waals surface area contributed by atoms with Gasteiger partial charge in [-0.05, 0) is 13.3 Å². The molecular weight excluding hydrogens is 256 g/mol. The molecule has 106 valence electrons. The molecule has 1 saturated heterocycles. The Hall–Kier alpha value is -2.01. The summed E-state index contributed by atoms with van der Waals surface area (Å²) in [5, 5.41) is 2.29. The van der Waals surface area contributed by atoms with E-state index in [0.717, 1.165) is 0 Å². The van der Waals surface area contributed by atoms with Crippen molar-refractivity contribution in [2.75, 3.05) is 6.54 Å². The van der Waals surface area contributed by atoms with Gasteiger partial charge in [-0.25, -0.2) is 0 Å². The molecule has 1 heterocycles. The number of carbonyl (C=O) groups is 3. The van der Waals surface area contributed by atoms with E-state index in [1.54, 1.807) is 36.1 Å². The van der Waals surface area contributed by atoms with E-state index in [1.165, 1.54) is 0 Å². The van der Waals surface area contributed by atoms with E-state index >= 15 is 0 Å². The zero-order valence-electron chi connectivity index (χ0n) is 11.6. The summed E-state index contributed by atoms with van der Waals surface area (Å²) < 4.78 is 0. The summed E-state index contributed by atoms with van der Waals surface area (Å²) in [6, 6.07) is 8.02. The van der Waals surface area contributed by atoms with Gasteiger partial charge in [-0.15, -0.1) is 0 Å². The molecule has 0 saturated carbocycles. The number of Topliss-reactive ketones (excluding diaryl/α,β-unsaturated/α-hetero) is 1. The summed E-state index contributed by atoms with van der Waals surface area (Å²) in [5.41, 5.74) is 0.602. The summed E-state index contributed by atoms with van der Waals surface area (Å²) in [6.07, 6.45) is 0.554. The van der Waals surface area contributed by atoms with E-state index < -0.39 is 12.1 Å². The molecule has 5 heteroatoms. The van der Waals surface area contributed by atoms with Crippen molar-refractivity contribution in [1.29, 1.82) is 0 Å². The molecule has 2 atom stereocenters. The minimum Gasteiger partial charge on any atom is -0.294 e. The number of ketones is 1. The highest BCUT2D eigenvalue weighted by Crippen LogP contribution is 2.17. The van der Waals surface area contributed by atoms with Gasteiger partial charge in [0.05, 0.1) is 18.6 Å². The Labute approximate surface area is 118 Å². The number of nitrogens with one attached hydrogen (secondary N) is 1. The van der Waals surface area contributed by atoms with Gasteiger partial charge in [-0.1, -0.05) is 37.3 Å². The first-order chi connectivity index (χ1) is 9.54. The van der Waals surface area contributed by atoms with Crippen molar-refractivity contribution in [1.82, 2.24) is 10.2 Å². The Morgan fingerprint density at radius 2 is 2.00 bits per heavy atom. The van der Waals surface area contributed by atoms with Crippen LogP contribution < -0.4 is 5.32 Å². The lowest BCUT2D eigenvalue weighted by Crippen LogP contribution is -2.61. The Morgan fingerprint density at radius 3 is 2.60 bits per heavy atom. The van der Waals surface area contributed by atoms with E-state index in [1.807, 2.05) is 13.0 Å². The third-order valence-electron chi connectivity index (χ3n) is 3.61. The Morgan fingerprint density at radius 1 is 1.35 bits per heavy atom. The molecule has 20 heavy (non-hydrogen) atoms. The first-order valence-electron chi connectivity index (χ1n) is 6.73. The first kappa shape index (κ1) is 14.4. The van der Waals surface area contributed by atoms with Crippen molar-refractivity contribution in [2.24, 2.45) is 0 Å². The highest BCUT2D eigenvalue weighted by Gasteiger charge is 2.37. The fourth-order valence-electron chi connectivity index (χ4n) is 2.48. The summed E-state index contributed by atoms with van der Waals surface area (Å²) in [5.74, 6) is -0.754. The fraction of sp³-hybridized carbons (Fsp3) is 0.400. The van der Waals surface area contributed by atoms with Gasteiger partial charge < -0.3 is 0 Å². The van der Waals surface area contributed by atoms with E-state index in [-0.39, 0.29) is 24.1 Å². The number of rotatable bonds is 4. The van der Waals surface area contributed by atoms with E-state index in [4.69, 9.17) is 0 Å². The van der Waals surface area contributed by atoms with Crippen LogP contribution >= 0.6 is 0 Å². The maximum atomic E-state index is 12.5. The van der Waals surface area contributed by atoms with E-state index in [9.17, 15) is 14.4 Å². The Bertz CT molecular complexity index is 527. The first-order valence-corrected chi connectivity index (χ1v) is 6.73. The Kier molecular flexibility index (Phi) is 4.29. The van der Waals surface area contributed by atoms with Crippen LogP contribution in [0.3, 0.4) is 0 Å². The van der Waals surface area contributed by atoms with Gasteiger partial charge >= 0.3 is 0 Å². The van der Waals surface area contributed by atoms with Gasteiger partial charge in [-0.3, -0.25) is 24.6 Å². The summed E-state index contributed by atoms with van der Waals surface area (Å²) >= 11 is 0. The van der Waals surface area contributed by atoms with Crippen LogP contribution in [0, 0.1) is 0 Å². The van der Waals surface area contributed by atoms with Crippen molar-refractivity contribution in [3.63, 3.8) is 0 Å². The largest absolute Gasteiger partial charge is 0.294 e. The molecule has 0 aromatic heterocycles. The number of hydrogen-bond donors (Lipinski definition) is 1. The molecule has 5 nitrogen and oxygen atoms in total. The van der Waals surface area contributed by atoms with Crippen LogP contribution in [0.4, 0.5) is 0 Å². The molecule has 0 radical (unpaired) electrons. The SMILES string of the molecule is CCC(C(=O)c1ccccc1)N1CC(=O)NC(=O)C1C. The predicted octanol–water partition coefficient (Wildman–Crippen LogP) is 0.995. The molecule has 0 aliphatic carbocycles. The molecule has 1 aliphatic heterocycles. The van der Waals surface area contributed by atoms with Crippen LogP contribution in [0.25, 0.3) is 0 Å². The van der Waals surface area contributed by atoms with Crippen molar-refractivity contribution >= 4 is 17.6 Å². The molecule has 1 aliphatic rings. The molecule has 1 fully saturated rings. The van der Waals surface area contributed by atoms with Crippen LogP contribution in [-0.4, -0.2) is 41.1 Å². The Balaban J connectivity index is 2.25. The van der Waals surface area contributed by atoms with Gasteiger partial charge in [-0.2, -0.15) is 0 Å². The number of hydrogen-bond acceptors (Lipinski definition) is 4. The smallest absolute Gasteiger partial charge is 0.243 e. The second-order valence-electron chi connectivity index (χ2n) is 4.92. The van der Waals surface area contributed by atoms with E-state index in [0.29, 0.717) is 12.0 Å². The van der Waals surface area contributed by atoms with Crippen molar-refractivity contribution < 1.29 is 14.4 Å². The van der Waals surface area contributed by atoms with Crippen LogP contribution in [0.1, 0.15) is 30.6 Å². The lowest BCUT2D eigenvalue weighted by molar-refractivity contribution is -0.140. The highest BCUT2D eigenvalue weighted by molar-refractivity contribution is 6.04. The molecular formula is C15H18N2O3. The number of imide groups is 1. The standard InChI is InChI=1S/C15H18N2O3/c1-3-12(14(19)11-7-5-4-6-8-11)17-9-13(18)16-15(20)10(17)2/h4-8,10,12H,3,9H2,1-2H3,(H,16,18,20). The molecule has 1 aromatic rings. The molecule has 2 unspecified atom stereocenters. The third-order valence-corrected chi connectivity index (χ3v) is 3.61. The zero-order valence-corrected chi connectivity index (χ0v) is 11.6. The number of amides is 2. The average Bonchev–Trinajstić information content (AvgIpc) is 2.45. The van der Waals surface area contributed by atoms with E-state index in [2.05, 4.69) is 5.32 Å². The van der Waals surface area contributed by atoms with Crippen molar-refractivity contribution in [3.05, 3.63) is 35.9 Å². The second kappa shape index (κ2) is 5.96. The number of piperazine rings is 1.